The Kier molecular flexibility index (Phi) is 4.77. The normalized spacial score (nSPS) is 11.9. The number of hydrogen-bond acceptors (Lipinski definition) is 2. The molecule has 2 aromatic carbocycles. The van der Waals surface area contributed by atoms with Crippen LogP contribution in [0.15, 0.2) is 48.5 Å². The molecule has 0 aliphatic carbocycles. The van der Waals surface area contributed by atoms with Crippen LogP contribution < -0.4 is 11.1 Å². The zero-order valence-corrected chi connectivity index (χ0v) is 12.0. The Bertz CT molecular complexity index is 599. The van der Waals surface area contributed by atoms with E-state index in [1.807, 2.05) is 37.3 Å². The summed E-state index contributed by atoms with van der Waals surface area (Å²) in [5, 5.41) is 3.43. The van der Waals surface area contributed by atoms with Crippen LogP contribution in [0.5, 0.6) is 0 Å². The Labute approximate surface area is 123 Å². The molecule has 104 valence electrons. The molecule has 0 saturated carbocycles. The minimum absolute atomic E-state index is 0.156. The third-order valence-electron chi connectivity index (χ3n) is 3.22. The van der Waals surface area contributed by atoms with E-state index in [1.165, 1.54) is 0 Å². The van der Waals surface area contributed by atoms with Crippen molar-refractivity contribution in [3.8, 4) is 0 Å². The predicted octanol–water partition coefficient (Wildman–Crippen LogP) is 3.08. The van der Waals surface area contributed by atoms with Crippen LogP contribution >= 0.6 is 11.6 Å². The molecule has 0 saturated heterocycles. The molecule has 3 nitrogen and oxygen atoms in total. The molecule has 2 aromatic rings. The first-order chi connectivity index (χ1) is 9.59. The fraction of sp³-hybridized carbons (Fsp3) is 0.188. The van der Waals surface area contributed by atoms with Crippen molar-refractivity contribution in [2.45, 2.75) is 13.0 Å². The lowest BCUT2D eigenvalue weighted by atomic mass is 10.1. The summed E-state index contributed by atoms with van der Waals surface area (Å²) in [7, 11) is 0. The molecule has 0 aliphatic heterocycles. The third kappa shape index (κ3) is 3.38. The molecular formula is C16H17ClN2O. The van der Waals surface area contributed by atoms with Crippen LogP contribution in [-0.4, -0.2) is 12.5 Å². The van der Waals surface area contributed by atoms with Gasteiger partial charge in [-0.2, -0.15) is 0 Å². The van der Waals surface area contributed by atoms with Gasteiger partial charge in [-0.05, 0) is 30.2 Å². The van der Waals surface area contributed by atoms with Crippen LogP contribution in [0.3, 0.4) is 0 Å². The van der Waals surface area contributed by atoms with Gasteiger partial charge in [0.25, 0.3) is 5.91 Å². The van der Waals surface area contributed by atoms with Crippen LogP contribution in [-0.2, 0) is 0 Å². The van der Waals surface area contributed by atoms with E-state index in [-0.39, 0.29) is 11.9 Å². The van der Waals surface area contributed by atoms with Gasteiger partial charge in [0, 0.05) is 23.2 Å². The Hall–Kier alpha value is -1.84. The van der Waals surface area contributed by atoms with Crippen molar-refractivity contribution in [1.82, 2.24) is 5.32 Å². The van der Waals surface area contributed by atoms with Crippen molar-refractivity contribution < 1.29 is 4.79 Å². The first kappa shape index (κ1) is 14.6. The fourth-order valence-electron chi connectivity index (χ4n) is 1.97. The molecule has 2 rings (SSSR count). The molecule has 0 fully saturated rings. The summed E-state index contributed by atoms with van der Waals surface area (Å²) in [5.41, 5.74) is 8.40. The van der Waals surface area contributed by atoms with Crippen molar-refractivity contribution in [1.29, 1.82) is 0 Å². The second kappa shape index (κ2) is 6.55. The smallest absolute Gasteiger partial charge is 0.251 e. The summed E-state index contributed by atoms with van der Waals surface area (Å²) in [5.74, 6) is -0.156. The van der Waals surface area contributed by atoms with Crippen molar-refractivity contribution in [2.24, 2.45) is 5.73 Å². The van der Waals surface area contributed by atoms with Crippen molar-refractivity contribution in [3.63, 3.8) is 0 Å². The first-order valence-corrected chi connectivity index (χ1v) is 6.81. The maximum atomic E-state index is 12.1. The van der Waals surface area contributed by atoms with Crippen LogP contribution in [0.1, 0.15) is 27.5 Å². The summed E-state index contributed by atoms with van der Waals surface area (Å²) in [4.78, 5) is 12.1. The van der Waals surface area contributed by atoms with E-state index in [0.717, 1.165) is 11.1 Å². The zero-order chi connectivity index (χ0) is 14.5. The van der Waals surface area contributed by atoms with Gasteiger partial charge >= 0.3 is 0 Å². The third-order valence-corrected chi connectivity index (χ3v) is 3.63. The second-order valence-electron chi connectivity index (χ2n) is 4.64. The maximum Gasteiger partial charge on any atom is 0.251 e. The Morgan fingerprint density at radius 3 is 2.60 bits per heavy atom. The van der Waals surface area contributed by atoms with Crippen LogP contribution in [0, 0.1) is 6.92 Å². The lowest BCUT2D eigenvalue weighted by Gasteiger charge is -2.14. The van der Waals surface area contributed by atoms with Gasteiger partial charge in [0.15, 0.2) is 0 Å². The first-order valence-electron chi connectivity index (χ1n) is 6.43. The molecule has 4 heteroatoms. The molecule has 3 N–H and O–H groups in total. The van der Waals surface area contributed by atoms with Crippen molar-refractivity contribution >= 4 is 17.5 Å². The van der Waals surface area contributed by atoms with Gasteiger partial charge in [-0.1, -0.05) is 48.0 Å². The van der Waals surface area contributed by atoms with Gasteiger partial charge in [-0.15, -0.1) is 0 Å². The van der Waals surface area contributed by atoms with Crippen LogP contribution in [0.25, 0.3) is 0 Å². The molecule has 0 aliphatic rings. The Morgan fingerprint density at radius 2 is 1.90 bits per heavy atom. The van der Waals surface area contributed by atoms with Crippen LogP contribution in [0.2, 0.25) is 5.02 Å². The molecule has 1 amide bonds. The van der Waals surface area contributed by atoms with Gasteiger partial charge in [0.1, 0.15) is 0 Å². The minimum Gasteiger partial charge on any atom is -0.350 e. The van der Waals surface area contributed by atoms with E-state index in [4.69, 9.17) is 17.3 Å². The minimum atomic E-state index is -0.223. The van der Waals surface area contributed by atoms with Gasteiger partial charge in [0.05, 0.1) is 0 Å². The number of benzene rings is 2. The lowest BCUT2D eigenvalue weighted by molar-refractivity contribution is 0.0950. The summed E-state index contributed by atoms with van der Waals surface area (Å²) >= 11 is 6.01. The molecule has 20 heavy (non-hydrogen) atoms. The number of hydrogen-bond donors (Lipinski definition) is 2. The highest BCUT2D eigenvalue weighted by Gasteiger charge is 2.12. The number of rotatable bonds is 4. The highest BCUT2D eigenvalue weighted by Crippen LogP contribution is 2.18. The van der Waals surface area contributed by atoms with Gasteiger partial charge in [-0.25, -0.2) is 0 Å². The van der Waals surface area contributed by atoms with Gasteiger partial charge in [-0.3, -0.25) is 4.79 Å². The van der Waals surface area contributed by atoms with E-state index in [9.17, 15) is 4.79 Å². The maximum absolute atomic E-state index is 12.1. The number of nitrogens with one attached hydrogen (secondary N) is 1. The van der Waals surface area contributed by atoms with Crippen molar-refractivity contribution in [3.05, 3.63) is 70.2 Å². The highest BCUT2D eigenvalue weighted by atomic mass is 35.5. The molecular weight excluding hydrogens is 272 g/mol. The van der Waals surface area contributed by atoms with Gasteiger partial charge < -0.3 is 11.1 Å². The number of halogens is 1. The second-order valence-corrected chi connectivity index (χ2v) is 5.05. The summed E-state index contributed by atoms with van der Waals surface area (Å²) in [6.45, 7) is 2.21. The largest absolute Gasteiger partial charge is 0.350 e. The summed E-state index contributed by atoms with van der Waals surface area (Å²) in [6, 6.07) is 14.7. The average molecular weight is 289 g/mol. The van der Waals surface area contributed by atoms with E-state index in [2.05, 4.69) is 5.32 Å². The number of carbonyl (C=O) groups excluding carboxylic acids is 1. The summed E-state index contributed by atoms with van der Waals surface area (Å²) < 4.78 is 0. The predicted molar refractivity (Wildman–Crippen MR) is 81.9 cm³/mol. The monoisotopic (exact) mass is 288 g/mol. The van der Waals surface area contributed by atoms with E-state index in [1.54, 1.807) is 18.2 Å². The van der Waals surface area contributed by atoms with E-state index in [0.29, 0.717) is 17.1 Å². The van der Waals surface area contributed by atoms with Crippen LogP contribution in [0.4, 0.5) is 0 Å². The summed E-state index contributed by atoms with van der Waals surface area (Å²) in [6.07, 6.45) is 0. The molecule has 0 aromatic heterocycles. The van der Waals surface area contributed by atoms with Gasteiger partial charge in [0.2, 0.25) is 0 Å². The fourth-order valence-corrected chi connectivity index (χ4v) is 2.14. The zero-order valence-electron chi connectivity index (χ0n) is 11.3. The Morgan fingerprint density at radius 1 is 1.20 bits per heavy atom. The average Bonchev–Trinajstić information content (AvgIpc) is 2.48. The molecule has 0 radical (unpaired) electrons. The molecule has 0 spiro atoms. The molecule has 1 atom stereocenters. The molecule has 1 unspecified atom stereocenters. The standard InChI is InChI=1S/C16H17ClN2O/c1-11-13(8-5-9-14(11)17)16(20)19-10-15(18)12-6-3-2-4-7-12/h2-9,15H,10,18H2,1H3,(H,19,20). The van der Waals surface area contributed by atoms with E-state index >= 15 is 0 Å². The number of carbonyl (C=O) groups is 1. The lowest BCUT2D eigenvalue weighted by Crippen LogP contribution is -2.32. The molecule has 0 heterocycles. The number of nitrogens with two attached hydrogens (primary N) is 1. The number of amides is 1. The highest BCUT2D eigenvalue weighted by molar-refractivity contribution is 6.31. The topological polar surface area (TPSA) is 55.1 Å². The quantitative estimate of drug-likeness (QED) is 0.908. The molecule has 0 bridgehead atoms. The Balaban J connectivity index is 2.01. The SMILES string of the molecule is Cc1c(Cl)cccc1C(=O)NCC(N)c1ccccc1. The van der Waals surface area contributed by atoms with E-state index < -0.39 is 0 Å². The van der Waals surface area contributed by atoms with Crippen molar-refractivity contribution in [2.75, 3.05) is 6.54 Å².